The zero-order valence-corrected chi connectivity index (χ0v) is 10.5. The Bertz CT molecular complexity index is 420. The van der Waals surface area contributed by atoms with Crippen LogP contribution in [-0.2, 0) is 0 Å². The summed E-state index contributed by atoms with van der Waals surface area (Å²) < 4.78 is 0. The first-order valence-electron chi connectivity index (χ1n) is 5.58. The van der Waals surface area contributed by atoms with Gasteiger partial charge in [0.15, 0.2) is 0 Å². The van der Waals surface area contributed by atoms with Gasteiger partial charge in [-0.2, -0.15) is 0 Å². The highest BCUT2D eigenvalue weighted by molar-refractivity contribution is 7.80. The van der Waals surface area contributed by atoms with Gasteiger partial charge >= 0.3 is 0 Å². The molecule has 92 valence electrons. The molecule has 1 fully saturated rings. The van der Waals surface area contributed by atoms with Crippen molar-refractivity contribution in [2.45, 2.75) is 18.9 Å². The van der Waals surface area contributed by atoms with E-state index >= 15 is 0 Å². The molecule has 0 bridgehead atoms. The van der Waals surface area contributed by atoms with Gasteiger partial charge in [0, 0.05) is 19.8 Å². The van der Waals surface area contributed by atoms with E-state index in [0.717, 1.165) is 19.4 Å². The van der Waals surface area contributed by atoms with Crippen LogP contribution in [-0.4, -0.2) is 39.8 Å². The molecule has 3 N–H and O–H groups in total. The Morgan fingerprint density at radius 1 is 1.65 bits per heavy atom. The summed E-state index contributed by atoms with van der Waals surface area (Å²) in [6.45, 7) is 0.845. The van der Waals surface area contributed by atoms with Crippen molar-refractivity contribution in [2.75, 3.05) is 18.5 Å². The first kappa shape index (κ1) is 12.2. The maximum atomic E-state index is 9.24. The van der Waals surface area contributed by atoms with Crippen LogP contribution in [0, 0.1) is 5.92 Å². The molecule has 0 atom stereocenters. The van der Waals surface area contributed by atoms with Gasteiger partial charge in [-0.05, 0) is 24.8 Å². The van der Waals surface area contributed by atoms with Crippen LogP contribution in [0.3, 0.4) is 0 Å². The molecule has 1 aromatic rings. The summed E-state index contributed by atoms with van der Waals surface area (Å²) in [7, 11) is 1.93. The maximum Gasteiger partial charge on any atom is 0.225 e. The van der Waals surface area contributed by atoms with Crippen molar-refractivity contribution in [3.05, 3.63) is 18.0 Å². The number of thiocarbonyl (C=S) groups is 1. The van der Waals surface area contributed by atoms with Crippen LogP contribution < -0.4 is 10.6 Å². The molecular weight excluding hydrogens is 236 g/mol. The summed E-state index contributed by atoms with van der Waals surface area (Å²) in [4.78, 5) is 10.7. The summed E-state index contributed by atoms with van der Waals surface area (Å²) in [5.41, 5.74) is 6.12. The fourth-order valence-electron chi connectivity index (χ4n) is 1.99. The molecule has 1 aliphatic rings. The van der Waals surface area contributed by atoms with Crippen LogP contribution in [0.25, 0.3) is 0 Å². The van der Waals surface area contributed by atoms with E-state index in [2.05, 4.69) is 9.97 Å². The van der Waals surface area contributed by atoms with Crippen molar-refractivity contribution in [1.29, 1.82) is 0 Å². The third-order valence-electron chi connectivity index (χ3n) is 2.98. The zero-order valence-electron chi connectivity index (χ0n) is 9.71. The lowest BCUT2D eigenvalue weighted by Crippen LogP contribution is -2.37. The number of hydrogen-bond donors (Lipinski definition) is 2. The minimum atomic E-state index is -0.128. The largest absolute Gasteiger partial charge is 0.393 e. The highest BCUT2D eigenvalue weighted by atomic mass is 32.1. The van der Waals surface area contributed by atoms with E-state index in [1.165, 1.54) is 0 Å². The number of aliphatic hydroxyl groups is 1. The molecule has 2 rings (SSSR count). The minimum Gasteiger partial charge on any atom is -0.393 e. The highest BCUT2D eigenvalue weighted by Gasteiger charge is 2.28. The van der Waals surface area contributed by atoms with Crippen LogP contribution in [0.1, 0.15) is 18.5 Å². The van der Waals surface area contributed by atoms with E-state index in [0.29, 0.717) is 17.6 Å². The first-order valence-corrected chi connectivity index (χ1v) is 5.99. The molecule has 6 heteroatoms. The van der Waals surface area contributed by atoms with Crippen molar-refractivity contribution in [3.8, 4) is 0 Å². The Balaban J connectivity index is 2.00. The molecule has 1 saturated carbocycles. The number of nitrogens with two attached hydrogens (primary N) is 1. The molecule has 0 radical (unpaired) electrons. The van der Waals surface area contributed by atoms with Crippen LogP contribution in [0.5, 0.6) is 0 Å². The van der Waals surface area contributed by atoms with Gasteiger partial charge in [0.1, 0.15) is 10.7 Å². The van der Waals surface area contributed by atoms with Gasteiger partial charge in [0.05, 0.1) is 6.10 Å². The minimum absolute atomic E-state index is 0.128. The number of nitrogens with zero attached hydrogens (tertiary/aromatic N) is 3. The molecule has 0 amide bonds. The molecule has 1 aliphatic carbocycles. The smallest absolute Gasteiger partial charge is 0.225 e. The van der Waals surface area contributed by atoms with Gasteiger partial charge in [0.2, 0.25) is 5.95 Å². The lowest BCUT2D eigenvalue weighted by molar-refractivity contribution is 0.0463. The Hall–Kier alpha value is -1.27. The number of rotatable bonds is 4. The van der Waals surface area contributed by atoms with Gasteiger partial charge in [-0.15, -0.1) is 0 Å². The highest BCUT2D eigenvalue weighted by Crippen LogP contribution is 2.28. The second-order valence-corrected chi connectivity index (χ2v) is 4.92. The zero-order chi connectivity index (χ0) is 12.4. The van der Waals surface area contributed by atoms with Crippen LogP contribution >= 0.6 is 12.2 Å². The average molecular weight is 252 g/mol. The van der Waals surface area contributed by atoms with E-state index < -0.39 is 0 Å². The standard InChI is InChI=1S/C11H16N4OS/c1-15(6-7-4-8(16)5-7)11-13-3-2-9(14-11)10(12)17/h2-3,7-8,16H,4-6H2,1H3,(H2,12,17). The molecule has 0 aromatic carbocycles. The fourth-order valence-corrected chi connectivity index (χ4v) is 2.10. The van der Waals surface area contributed by atoms with Gasteiger partial charge in [-0.1, -0.05) is 12.2 Å². The van der Waals surface area contributed by atoms with Crippen molar-refractivity contribution in [2.24, 2.45) is 11.7 Å². The number of hydrogen-bond acceptors (Lipinski definition) is 5. The molecule has 0 saturated heterocycles. The maximum absolute atomic E-state index is 9.24. The monoisotopic (exact) mass is 252 g/mol. The molecule has 0 unspecified atom stereocenters. The lowest BCUT2D eigenvalue weighted by Gasteiger charge is -2.34. The summed E-state index contributed by atoms with van der Waals surface area (Å²) >= 11 is 4.88. The lowest BCUT2D eigenvalue weighted by atomic mass is 9.82. The van der Waals surface area contributed by atoms with Crippen molar-refractivity contribution in [3.63, 3.8) is 0 Å². The van der Waals surface area contributed by atoms with E-state index in [4.69, 9.17) is 18.0 Å². The Morgan fingerprint density at radius 2 is 2.35 bits per heavy atom. The summed E-state index contributed by atoms with van der Waals surface area (Å²) in [5, 5.41) is 9.24. The summed E-state index contributed by atoms with van der Waals surface area (Å²) in [5.74, 6) is 1.14. The van der Waals surface area contributed by atoms with Crippen LogP contribution in [0.2, 0.25) is 0 Å². The predicted molar refractivity (Wildman–Crippen MR) is 69.9 cm³/mol. The van der Waals surface area contributed by atoms with Gasteiger partial charge < -0.3 is 15.7 Å². The third kappa shape index (κ3) is 2.89. The molecule has 0 aliphatic heterocycles. The second-order valence-electron chi connectivity index (χ2n) is 4.48. The van der Waals surface area contributed by atoms with E-state index in [1.807, 2.05) is 11.9 Å². The molecule has 17 heavy (non-hydrogen) atoms. The normalized spacial score (nSPS) is 22.9. The third-order valence-corrected chi connectivity index (χ3v) is 3.19. The number of anilines is 1. The predicted octanol–water partition coefficient (Wildman–Crippen LogP) is 0.318. The summed E-state index contributed by atoms with van der Waals surface area (Å²) in [6, 6.07) is 1.70. The second kappa shape index (κ2) is 4.93. The van der Waals surface area contributed by atoms with Crippen LogP contribution in [0.15, 0.2) is 12.3 Å². The first-order chi connectivity index (χ1) is 8.06. The van der Waals surface area contributed by atoms with Gasteiger partial charge in [-0.25, -0.2) is 9.97 Å². The van der Waals surface area contributed by atoms with Gasteiger partial charge in [-0.3, -0.25) is 0 Å². The number of aliphatic hydroxyl groups excluding tert-OH is 1. The molecule has 0 spiro atoms. The van der Waals surface area contributed by atoms with E-state index in [-0.39, 0.29) is 11.1 Å². The van der Waals surface area contributed by atoms with E-state index in [9.17, 15) is 5.11 Å². The Morgan fingerprint density at radius 3 is 2.94 bits per heavy atom. The SMILES string of the molecule is CN(CC1CC(O)C1)c1nccc(C(N)=S)n1. The van der Waals surface area contributed by atoms with Crippen LogP contribution in [0.4, 0.5) is 5.95 Å². The van der Waals surface area contributed by atoms with E-state index in [1.54, 1.807) is 12.3 Å². The van der Waals surface area contributed by atoms with Crippen molar-refractivity contribution >= 4 is 23.2 Å². The number of aromatic nitrogens is 2. The molecule has 1 aromatic heterocycles. The average Bonchev–Trinajstić information content (AvgIpc) is 2.27. The molecule has 1 heterocycles. The topological polar surface area (TPSA) is 75.3 Å². The van der Waals surface area contributed by atoms with Crippen molar-refractivity contribution in [1.82, 2.24) is 9.97 Å². The summed E-state index contributed by atoms with van der Waals surface area (Å²) in [6.07, 6.45) is 3.25. The van der Waals surface area contributed by atoms with Crippen molar-refractivity contribution < 1.29 is 5.11 Å². The Labute approximate surface area is 106 Å². The Kier molecular flexibility index (Phi) is 3.54. The van der Waals surface area contributed by atoms with Gasteiger partial charge in [0.25, 0.3) is 0 Å². The quantitative estimate of drug-likeness (QED) is 0.752. The fraction of sp³-hybridized carbons (Fsp3) is 0.545. The molecule has 5 nitrogen and oxygen atoms in total. The molecular formula is C11H16N4OS.